The highest BCUT2D eigenvalue weighted by Crippen LogP contribution is 2.12. The van der Waals surface area contributed by atoms with E-state index < -0.39 is 0 Å². The summed E-state index contributed by atoms with van der Waals surface area (Å²) in [5.74, 6) is 1.64. The van der Waals surface area contributed by atoms with Gasteiger partial charge in [-0.15, -0.1) is 0 Å². The first-order valence-corrected chi connectivity index (χ1v) is 8.57. The first kappa shape index (κ1) is 16.4. The maximum Gasteiger partial charge on any atom is 0.257 e. The minimum absolute atomic E-state index is 0.153. The normalized spacial score (nSPS) is 11.8. The lowest BCUT2D eigenvalue weighted by atomic mass is 10.2. The van der Waals surface area contributed by atoms with Crippen LogP contribution in [0.4, 0.5) is 11.5 Å². The third-order valence-corrected chi connectivity index (χ3v) is 3.98. The summed E-state index contributed by atoms with van der Waals surface area (Å²) >= 11 is 1.78. The molecule has 1 amide bonds. The van der Waals surface area contributed by atoms with Crippen LogP contribution in [-0.2, 0) is 0 Å². The monoisotopic (exact) mass is 315 g/mol. The lowest BCUT2D eigenvalue weighted by molar-refractivity contribution is 0.102. The van der Waals surface area contributed by atoms with Crippen molar-refractivity contribution < 1.29 is 4.79 Å². The molecule has 1 aromatic heterocycles. The predicted molar refractivity (Wildman–Crippen MR) is 94.8 cm³/mol. The van der Waals surface area contributed by atoms with E-state index in [1.54, 1.807) is 24.0 Å². The summed E-state index contributed by atoms with van der Waals surface area (Å²) in [6, 6.07) is 11.7. The number of aryl methyl sites for hydroxylation is 1. The smallest absolute Gasteiger partial charge is 0.257 e. The molecular weight excluding hydrogens is 294 g/mol. The number of hydrogen-bond donors (Lipinski definition) is 2. The molecule has 1 atom stereocenters. The van der Waals surface area contributed by atoms with Gasteiger partial charge in [0.25, 0.3) is 5.91 Å². The fraction of sp³-hybridized carbons (Fsp3) is 0.294. The third kappa shape index (κ3) is 4.77. The van der Waals surface area contributed by atoms with Crippen LogP contribution in [0.3, 0.4) is 0 Å². The number of carbonyl (C=O) groups is 1. The molecule has 0 aliphatic heterocycles. The number of hydrogen-bond acceptors (Lipinski definition) is 4. The molecule has 1 unspecified atom stereocenters. The van der Waals surface area contributed by atoms with E-state index in [2.05, 4.69) is 28.8 Å². The van der Waals surface area contributed by atoms with Crippen molar-refractivity contribution in [2.24, 2.45) is 0 Å². The fourth-order valence-electron chi connectivity index (χ4n) is 2.00. The van der Waals surface area contributed by atoms with Gasteiger partial charge < -0.3 is 10.6 Å². The summed E-state index contributed by atoms with van der Waals surface area (Å²) in [6.07, 6.45) is 3.67. The molecule has 22 heavy (non-hydrogen) atoms. The average molecular weight is 315 g/mol. The number of nitrogens with one attached hydrogen (secondary N) is 2. The molecule has 116 valence electrons. The van der Waals surface area contributed by atoms with E-state index in [4.69, 9.17) is 0 Å². The van der Waals surface area contributed by atoms with Gasteiger partial charge >= 0.3 is 0 Å². The van der Waals surface area contributed by atoms with E-state index >= 15 is 0 Å². The number of aromatic nitrogens is 1. The Morgan fingerprint density at radius 3 is 2.55 bits per heavy atom. The van der Waals surface area contributed by atoms with Gasteiger partial charge in [0.05, 0.1) is 5.56 Å². The molecule has 0 saturated heterocycles. The maximum absolute atomic E-state index is 12.2. The standard InChI is InChI=1S/C17H21N3OS/c1-12-4-7-15(8-5-12)20-17(21)14-6-9-16(18-10-14)19-13(2)11-22-3/h4-10,13H,11H2,1-3H3,(H,18,19)(H,20,21). The summed E-state index contributed by atoms with van der Waals surface area (Å²) in [7, 11) is 0. The Morgan fingerprint density at radius 1 is 1.23 bits per heavy atom. The second-order valence-electron chi connectivity index (χ2n) is 5.25. The van der Waals surface area contributed by atoms with E-state index in [1.807, 2.05) is 37.3 Å². The third-order valence-electron chi connectivity index (χ3n) is 3.15. The Labute approximate surface area is 135 Å². The summed E-state index contributed by atoms with van der Waals surface area (Å²) in [4.78, 5) is 16.5. The van der Waals surface area contributed by atoms with Gasteiger partial charge in [-0.05, 0) is 44.4 Å². The van der Waals surface area contributed by atoms with E-state index in [0.29, 0.717) is 11.6 Å². The molecule has 0 aliphatic carbocycles. The van der Waals surface area contributed by atoms with Crippen LogP contribution < -0.4 is 10.6 Å². The van der Waals surface area contributed by atoms with Crippen molar-refractivity contribution in [2.45, 2.75) is 19.9 Å². The van der Waals surface area contributed by atoms with Crippen LogP contribution in [0.2, 0.25) is 0 Å². The highest BCUT2D eigenvalue weighted by molar-refractivity contribution is 7.98. The number of benzene rings is 1. The molecule has 5 heteroatoms. The van der Waals surface area contributed by atoms with Crippen molar-refractivity contribution >= 4 is 29.2 Å². The topological polar surface area (TPSA) is 54.0 Å². The maximum atomic E-state index is 12.2. The second-order valence-corrected chi connectivity index (χ2v) is 6.16. The molecule has 2 aromatic rings. The highest BCUT2D eigenvalue weighted by atomic mass is 32.2. The quantitative estimate of drug-likeness (QED) is 0.851. The van der Waals surface area contributed by atoms with Gasteiger partial charge in [0.15, 0.2) is 0 Å². The molecule has 0 saturated carbocycles. The van der Waals surface area contributed by atoms with E-state index in [1.165, 1.54) is 0 Å². The zero-order chi connectivity index (χ0) is 15.9. The SMILES string of the molecule is CSCC(C)Nc1ccc(C(=O)Nc2ccc(C)cc2)cn1. The highest BCUT2D eigenvalue weighted by Gasteiger charge is 2.08. The van der Waals surface area contributed by atoms with Gasteiger partial charge in [-0.3, -0.25) is 4.79 Å². The Bertz CT molecular complexity index is 611. The number of carbonyl (C=O) groups excluding carboxylic acids is 1. The van der Waals surface area contributed by atoms with E-state index in [-0.39, 0.29) is 5.91 Å². The van der Waals surface area contributed by atoms with Crippen LogP contribution in [0.25, 0.3) is 0 Å². The number of pyridine rings is 1. The molecule has 1 aromatic carbocycles. The molecule has 2 N–H and O–H groups in total. The molecule has 0 aliphatic rings. The van der Waals surface area contributed by atoms with Gasteiger partial charge in [-0.1, -0.05) is 17.7 Å². The minimum atomic E-state index is -0.153. The molecule has 0 bridgehead atoms. The molecule has 0 fully saturated rings. The zero-order valence-corrected chi connectivity index (χ0v) is 13.9. The second kappa shape index (κ2) is 7.84. The molecular formula is C17H21N3OS. The molecule has 2 rings (SSSR count). The minimum Gasteiger partial charge on any atom is -0.367 e. The summed E-state index contributed by atoms with van der Waals surface area (Å²) in [5, 5.41) is 6.16. The number of thioether (sulfide) groups is 1. The van der Waals surface area contributed by atoms with Gasteiger partial charge in [0.2, 0.25) is 0 Å². The van der Waals surface area contributed by atoms with Crippen LogP contribution in [-0.4, -0.2) is 28.9 Å². The lowest BCUT2D eigenvalue weighted by Crippen LogP contribution is -2.19. The van der Waals surface area contributed by atoms with Crippen LogP contribution >= 0.6 is 11.8 Å². The van der Waals surface area contributed by atoms with Crippen molar-refractivity contribution in [3.8, 4) is 0 Å². The predicted octanol–water partition coefficient (Wildman–Crippen LogP) is 3.81. The summed E-state index contributed by atoms with van der Waals surface area (Å²) < 4.78 is 0. The van der Waals surface area contributed by atoms with Gasteiger partial charge in [0.1, 0.15) is 5.82 Å². The van der Waals surface area contributed by atoms with E-state index in [0.717, 1.165) is 22.8 Å². The van der Waals surface area contributed by atoms with Gasteiger partial charge in [0, 0.05) is 23.7 Å². The molecule has 1 heterocycles. The van der Waals surface area contributed by atoms with Crippen LogP contribution in [0.15, 0.2) is 42.6 Å². The van der Waals surface area contributed by atoms with Crippen molar-refractivity contribution in [3.63, 3.8) is 0 Å². The Balaban J connectivity index is 1.97. The Hall–Kier alpha value is -2.01. The molecule has 0 radical (unpaired) electrons. The van der Waals surface area contributed by atoms with Crippen molar-refractivity contribution in [1.82, 2.24) is 4.98 Å². The zero-order valence-electron chi connectivity index (χ0n) is 13.1. The average Bonchev–Trinajstić information content (AvgIpc) is 2.50. The van der Waals surface area contributed by atoms with Crippen LogP contribution in [0.5, 0.6) is 0 Å². The number of amides is 1. The Morgan fingerprint density at radius 2 is 1.95 bits per heavy atom. The largest absolute Gasteiger partial charge is 0.367 e. The lowest BCUT2D eigenvalue weighted by Gasteiger charge is -2.13. The molecule has 4 nitrogen and oxygen atoms in total. The van der Waals surface area contributed by atoms with E-state index in [9.17, 15) is 4.79 Å². The van der Waals surface area contributed by atoms with Crippen LogP contribution in [0, 0.1) is 6.92 Å². The summed E-state index contributed by atoms with van der Waals surface area (Å²) in [6.45, 7) is 4.12. The van der Waals surface area contributed by atoms with Crippen LogP contribution in [0.1, 0.15) is 22.8 Å². The first-order valence-electron chi connectivity index (χ1n) is 7.18. The Kier molecular flexibility index (Phi) is 5.83. The van der Waals surface area contributed by atoms with Crippen molar-refractivity contribution in [2.75, 3.05) is 22.6 Å². The number of anilines is 2. The van der Waals surface area contributed by atoms with Gasteiger partial charge in [-0.2, -0.15) is 11.8 Å². The first-order chi connectivity index (χ1) is 10.6. The fourth-order valence-corrected chi connectivity index (χ4v) is 2.58. The summed E-state index contributed by atoms with van der Waals surface area (Å²) in [5.41, 5.74) is 2.49. The number of rotatable bonds is 6. The van der Waals surface area contributed by atoms with Gasteiger partial charge in [-0.25, -0.2) is 4.98 Å². The van der Waals surface area contributed by atoms with Crippen molar-refractivity contribution in [1.29, 1.82) is 0 Å². The van der Waals surface area contributed by atoms with Crippen molar-refractivity contribution in [3.05, 3.63) is 53.7 Å². The number of nitrogens with zero attached hydrogens (tertiary/aromatic N) is 1. The molecule has 0 spiro atoms.